The van der Waals surface area contributed by atoms with Crippen molar-refractivity contribution in [2.45, 2.75) is 26.3 Å². The molecule has 0 fully saturated rings. The van der Waals surface area contributed by atoms with Crippen LogP contribution in [0, 0.1) is 13.8 Å². The molecule has 16 heavy (non-hydrogen) atoms. The highest BCUT2D eigenvalue weighted by atomic mass is 16.5. The lowest BCUT2D eigenvalue weighted by molar-refractivity contribution is -0.137. The molecule has 0 aliphatic carbocycles. The topological polar surface area (TPSA) is 72.5 Å². The van der Waals surface area contributed by atoms with Gasteiger partial charge in [0.15, 0.2) is 0 Å². The second kappa shape index (κ2) is 4.99. The lowest BCUT2D eigenvalue weighted by Gasteiger charge is -2.15. The molecule has 88 valence electrons. The smallest absolute Gasteiger partial charge is 0.305 e. The van der Waals surface area contributed by atoms with Crippen molar-refractivity contribution in [1.82, 2.24) is 0 Å². The van der Waals surface area contributed by atoms with E-state index in [9.17, 15) is 4.79 Å². The standard InChI is InChI=1S/C12H17NO3/c1-7-5-11(16-3)8(2)4-9(7)10(13)6-12(14)15/h4-5,10H,6,13H2,1-3H3,(H,14,15). The number of aryl methyl sites for hydroxylation is 2. The molecule has 4 heteroatoms. The van der Waals surface area contributed by atoms with E-state index < -0.39 is 12.0 Å². The molecule has 1 atom stereocenters. The van der Waals surface area contributed by atoms with E-state index in [1.807, 2.05) is 26.0 Å². The Kier molecular flexibility index (Phi) is 3.90. The Morgan fingerprint density at radius 2 is 2.06 bits per heavy atom. The molecule has 0 saturated heterocycles. The van der Waals surface area contributed by atoms with Crippen LogP contribution in [-0.2, 0) is 4.79 Å². The zero-order valence-electron chi connectivity index (χ0n) is 9.78. The fraction of sp³-hybridized carbons (Fsp3) is 0.417. The van der Waals surface area contributed by atoms with Gasteiger partial charge in [-0.05, 0) is 36.6 Å². The highest BCUT2D eigenvalue weighted by Gasteiger charge is 2.14. The molecule has 1 aromatic carbocycles. The van der Waals surface area contributed by atoms with Crippen molar-refractivity contribution in [3.05, 3.63) is 28.8 Å². The number of rotatable bonds is 4. The van der Waals surface area contributed by atoms with Crippen molar-refractivity contribution in [3.63, 3.8) is 0 Å². The first-order valence-electron chi connectivity index (χ1n) is 5.08. The third kappa shape index (κ3) is 2.73. The Hall–Kier alpha value is -1.55. The maximum Gasteiger partial charge on any atom is 0.305 e. The molecule has 1 unspecified atom stereocenters. The third-order valence-corrected chi connectivity index (χ3v) is 2.58. The van der Waals surface area contributed by atoms with Gasteiger partial charge in [0.25, 0.3) is 0 Å². The second-order valence-electron chi connectivity index (χ2n) is 3.88. The number of aliphatic carboxylic acids is 1. The molecule has 0 aromatic heterocycles. The average molecular weight is 223 g/mol. The van der Waals surface area contributed by atoms with Crippen molar-refractivity contribution in [2.24, 2.45) is 5.73 Å². The summed E-state index contributed by atoms with van der Waals surface area (Å²) in [4.78, 5) is 10.6. The van der Waals surface area contributed by atoms with Crippen LogP contribution in [0.1, 0.15) is 29.2 Å². The molecule has 3 N–H and O–H groups in total. The number of ether oxygens (including phenoxy) is 1. The molecule has 0 spiro atoms. The molecule has 4 nitrogen and oxygen atoms in total. The molecular weight excluding hydrogens is 206 g/mol. The predicted octanol–water partition coefficient (Wildman–Crippen LogP) is 1.79. The van der Waals surface area contributed by atoms with E-state index in [1.54, 1.807) is 7.11 Å². The van der Waals surface area contributed by atoms with E-state index in [4.69, 9.17) is 15.6 Å². The van der Waals surface area contributed by atoms with Crippen molar-refractivity contribution < 1.29 is 14.6 Å². The summed E-state index contributed by atoms with van der Waals surface area (Å²) in [5, 5.41) is 8.70. The van der Waals surface area contributed by atoms with E-state index in [-0.39, 0.29) is 6.42 Å². The maximum atomic E-state index is 10.6. The van der Waals surface area contributed by atoms with Crippen LogP contribution >= 0.6 is 0 Å². The summed E-state index contributed by atoms with van der Waals surface area (Å²) >= 11 is 0. The minimum atomic E-state index is -0.889. The Bertz CT molecular complexity index is 401. The summed E-state index contributed by atoms with van der Waals surface area (Å²) in [6.45, 7) is 3.81. The van der Waals surface area contributed by atoms with E-state index in [1.165, 1.54) is 0 Å². The van der Waals surface area contributed by atoms with Crippen LogP contribution in [0.3, 0.4) is 0 Å². The van der Waals surface area contributed by atoms with Gasteiger partial charge in [-0.3, -0.25) is 4.79 Å². The first-order valence-corrected chi connectivity index (χ1v) is 5.08. The number of hydrogen-bond acceptors (Lipinski definition) is 3. The Morgan fingerprint density at radius 1 is 1.44 bits per heavy atom. The second-order valence-corrected chi connectivity index (χ2v) is 3.88. The maximum absolute atomic E-state index is 10.6. The number of carboxylic acids is 1. The quantitative estimate of drug-likeness (QED) is 0.816. The highest BCUT2D eigenvalue weighted by Crippen LogP contribution is 2.26. The number of hydrogen-bond donors (Lipinski definition) is 2. The van der Waals surface area contributed by atoms with Gasteiger partial charge in [-0.25, -0.2) is 0 Å². The van der Waals surface area contributed by atoms with Gasteiger partial charge in [0.05, 0.1) is 13.5 Å². The Labute approximate surface area is 95.0 Å². The number of carbonyl (C=O) groups is 1. The molecule has 0 saturated carbocycles. The minimum Gasteiger partial charge on any atom is -0.496 e. The van der Waals surface area contributed by atoms with Gasteiger partial charge in [0.1, 0.15) is 5.75 Å². The van der Waals surface area contributed by atoms with E-state index >= 15 is 0 Å². The summed E-state index contributed by atoms with van der Waals surface area (Å²) in [6.07, 6.45) is -0.0629. The Balaban J connectivity index is 3.05. The van der Waals surface area contributed by atoms with Crippen LogP contribution in [0.5, 0.6) is 5.75 Å². The lowest BCUT2D eigenvalue weighted by atomic mass is 9.97. The van der Waals surface area contributed by atoms with Crippen molar-refractivity contribution in [3.8, 4) is 5.75 Å². The fourth-order valence-corrected chi connectivity index (χ4v) is 1.73. The van der Waals surface area contributed by atoms with Crippen molar-refractivity contribution in [2.75, 3.05) is 7.11 Å². The van der Waals surface area contributed by atoms with Gasteiger partial charge in [0.2, 0.25) is 0 Å². The van der Waals surface area contributed by atoms with Gasteiger partial charge < -0.3 is 15.6 Å². The van der Waals surface area contributed by atoms with E-state index in [0.29, 0.717) is 0 Å². The van der Waals surface area contributed by atoms with Gasteiger partial charge in [0, 0.05) is 6.04 Å². The van der Waals surface area contributed by atoms with Crippen LogP contribution in [0.4, 0.5) is 0 Å². The SMILES string of the molecule is COc1cc(C)c(C(N)CC(=O)O)cc1C. The molecule has 0 aliphatic rings. The third-order valence-electron chi connectivity index (χ3n) is 2.58. The van der Waals surface area contributed by atoms with Crippen LogP contribution in [-0.4, -0.2) is 18.2 Å². The largest absolute Gasteiger partial charge is 0.496 e. The summed E-state index contributed by atoms with van der Waals surface area (Å²) in [5.74, 6) is -0.0934. The van der Waals surface area contributed by atoms with Crippen LogP contribution in [0.15, 0.2) is 12.1 Å². The van der Waals surface area contributed by atoms with Crippen LogP contribution in [0.25, 0.3) is 0 Å². The van der Waals surface area contributed by atoms with Gasteiger partial charge in [-0.2, -0.15) is 0 Å². The van der Waals surface area contributed by atoms with Crippen LogP contribution in [0.2, 0.25) is 0 Å². The molecule has 1 aromatic rings. The zero-order valence-corrected chi connectivity index (χ0v) is 9.78. The minimum absolute atomic E-state index is 0.0629. The predicted molar refractivity (Wildman–Crippen MR) is 61.6 cm³/mol. The number of benzene rings is 1. The average Bonchev–Trinajstić information content (AvgIpc) is 2.19. The molecule has 0 heterocycles. The highest BCUT2D eigenvalue weighted by molar-refractivity contribution is 5.68. The Morgan fingerprint density at radius 3 is 2.56 bits per heavy atom. The number of nitrogens with two attached hydrogens (primary N) is 1. The van der Waals surface area contributed by atoms with Crippen molar-refractivity contribution in [1.29, 1.82) is 0 Å². The summed E-state index contributed by atoms with van der Waals surface area (Å²) in [7, 11) is 1.61. The first-order chi connectivity index (χ1) is 7.45. The fourth-order valence-electron chi connectivity index (χ4n) is 1.73. The molecular formula is C12H17NO3. The normalized spacial score (nSPS) is 12.2. The molecule has 0 aliphatic heterocycles. The summed E-state index contributed by atoms with van der Waals surface area (Å²) in [6, 6.07) is 3.30. The van der Waals surface area contributed by atoms with Crippen molar-refractivity contribution >= 4 is 5.97 Å². The number of carboxylic acid groups (broad SMARTS) is 1. The monoisotopic (exact) mass is 223 g/mol. The zero-order chi connectivity index (χ0) is 12.3. The summed E-state index contributed by atoms with van der Waals surface area (Å²) in [5.41, 5.74) is 8.61. The number of methoxy groups -OCH3 is 1. The van der Waals surface area contributed by atoms with Gasteiger partial charge in [-0.1, -0.05) is 6.07 Å². The molecule has 0 amide bonds. The van der Waals surface area contributed by atoms with E-state index in [0.717, 1.165) is 22.4 Å². The van der Waals surface area contributed by atoms with Gasteiger partial charge >= 0.3 is 5.97 Å². The van der Waals surface area contributed by atoms with E-state index in [2.05, 4.69) is 0 Å². The molecule has 0 bridgehead atoms. The molecule has 1 rings (SSSR count). The first kappa shape index (κ1) is 12.5. The van der Waals surface area contributed by atoms with Gasteiger partial charge in [-0.15, -0.1) is 0 Å². The lowest BCUT2D eigenvalue weighted by Crippen LogP contribution is -2.16. The van der Waals surface area contributed by atoms with Crippen LogP contribution < -0.4 is 10.5 Å². The summed E-state index contributed by atoms with van der Waals surface area (Å²) < 4.78 is 5.18. The molecule has 0 radical (unpaired) electrons.